The van der Waals surface area contributed by atoms with Crippen LogP contribution in [-0.4, -0.2) is 17.4 Å². The Labute approximate surface area is 130 Å². The summed E-state index contributed by atoms with van der Waals surface area (Å²) in [7, 11) is 0. The van der Waals surface area contributed by atoms with E-state index in [0.717, 1.165) is 16.5 Å². The molecule has 0 radical (unpaired) electrons. The number of carbonyl (C=O) groups is 1. The number of benzene rings is 2. The molecule has 22 heavy (non-hydrogen) atoms. The predicted octanol–water partition coefficient (Wildman–Crippen LogP) is 3.63. The van der Waals surface area contributed by atoms with Gasteiger partial charge in [0.15, 0.2) is 0 Å². The van der Waals surface area contributed by atoms with Gasteiger partial charge in [-0.05, 0) is 23.1 Å². The summed E-state index contributed by atoms with van der Waals surface area (Å²) in [5.74, 6) is 0.376. The van der Waals surface area contributed by atoms with Crippen molar-refractivity contribution in [2.45, 2.75) is 19.3 Å². The normalized spacial score (nSPS) is 12.2. The monoisotopic (exact) mass is 292 g/mol. The summed E-state index contributed by atoms with van der Waals surface area (Å²) in [5, 5.41) is 4.15. The van der Waals surface area contributed by atoms with E-state index in [1.54, 1.807) is 0 Å². The molecule has 2 N–H and O–H groups in total. The Morgan fingerprint density at radius 3 is 2.64 bits per heavy atom. The van der Waals surface area contributed by atoms with Crippen molar-refractivity contribution < 1.29 is 4.79 Å². The molecule has 3 aromatic rings. The van der Waals surface area contributed by atoms with E-state index in [1.165, 1.54) is 5.56 Å². The number of fused-ring (bicyclic) bond motifs is 1. The molecule has 3 rings (SSSR count). The number of para-hydroxylation sites is 1. The minimum absolute atomic E-state index is 0.0625. The molecule has 1 heterocycles. The molecule has 0 saturated carbocycles. The van der Waals surface area contributed by atoms with Crippen LogP contribution in [0.3, 0.4) is 0 Å². The number of rotatable bonds is 5. The smallest absolute Gasteiger partial charge is 0.224 e. The van der Waals surface area contributed by atoms with Crippen molar-refractivity contribution in [2.24, 2.45) is 0 Å². The van der Waals surface area contributed by atoms with Gasteiger partial charge in [-0.15, -0.1) is 0 Å². The molecule has 0 unspecified atom stereocenters. The van der Waals surface area contributed by atoms with Gasteiger partial charge in [0.1, 0.15) is 0 Å². The van der Waals surface area contributed by atoms with Gasteiger partial charge in [-0.3, -0.25) is 4.79 Å². The summed E-state index contributed by atoms with van der Waals surface area (Å²) in [6, 6.07) is 18.3. The van der Waals surface area contributed by atoms with Crippen LogP contribution in [0.4, 0.5) is 0 Å². The number of aromatic nitrogens is 1. The lowest BCUT2D eigenvalue weighted by molar-refractivity contribution is -0.120. The molecule has 0 bridgehead atoms. The van der Waals surface area contributed by atoms with Crippen LogP contribution >= 0.6 is 0 Å². The Balaban J connectivity index is 1.59. The van der Waals surface area contributed by atoms with Gasteiger partial charge in [-0.2, -0.15) is 0 Å². The van der Waals surface area contributed by atoms with Gasteiger partial charge in [-0.25, -0.2) is 0 Å². The minimum atomic E-state index is 0.0625. The second-order valence-corrected chi connectivity index (χ2v) is 5.65. The molecule has 2 aromatic carbocycles. The summed E-state index contributed by atoms with van der Waals surface area (Å²) in [6.07, 6.45) is 2.33. The molecular formula is C19H20N2O. The standard InChI is InChI=1S/C19H20N2O/c1-14(15-7-3-2-4-8-15)12-21-19(22)11-16-13-20-18-10-6-5-9-17(16)18/h2-10,13-14,20H,11-12H2,1H3,(H,21,22)/t14-/m0/s1. The van der Waals surface area contributed by atoms with Gasteiger partial charge < -0.3 is 10.3 Å². The second-order valence-electron chi connectivity index (χ2n) is 5.65. The van der Waals surface area contributed by atoms with Crippen LogP contribution < -0.4 is 5.32 Å². The summed E-state index contributed by atoms with van der Waals surface area (Å²) >= 11 is 0. The van der Waals surface area contributed by atoms with Crippen molar-refractivity contribution in [1.82, 2.24) is 10.3 Å². The lowest BCUT2D eigenvalue weighted by Gasteiger charge is -2.13. The second kappa shape index (κ2) is 6.48. The van der Waals surface area contributed by atoms with Crippen molar-refractivity contribution >= 4 is 16.8 Å². The molecule has 0 spiro atoms. The van der Waals surface area contributed by atoms with Crippen molar-refractivity contribution in [3.05, 3.63) is 71.9 Å². The number of hydrogen-bond donors (Lipinski definition) is 2. The average molecular weight is 292 g/mol. The third-order valence-electron chi connectivity index (χ3n) is 4.00. The molecular weight excluding hydrogens is 272 g/mol. The van der Waals surface area contributed by atoms with E-state index >= 15 is 0 Å². The average Bonchev–Trinajstić information content (AvgIpc) is 2.97. The first-order valence-corrected chi connectivity index (χ1v) is 7.60. The van der Waals surface area contributed by atoms with Gasteiger partial charge >= 0.3 is 0 Å². The molecule has 112 valence electrons. The van der Waals surface area contributed by atoms with Crippen LogP contribution in [0.1, 0.15) is 24.0 Å². The van der Waals surface area contributed by atoms with Gasteiger partial charge in [0.05, 0.1) is 6.42 Å². The lowest BCUT2D eigenvalue weighted by atomic mass is 10.0. The molecule has 0 fully saturated rings. The summed E-state index contributed by atoms with van der Waals surface area (Å²) in [5.41, 5.74) is 3.36. The number of H-pyrrole nitrogens is 1. The third kappa shape index (κ3) is 3.19. The maximum absolute atomic E-state index is 12.2. The zero-order valence-electron chi connectivity index (χ0n) is 12.7. The first-order valence-electron chi connectivity index (χ1n) is 7.60. The van der Waals surface area contributed by atoms with Crippen LogP contribution in [0, 0.1) is 0 Å². The van der Waals surface area contributed by atoms with E-state index in [9.17, 15) is 4.79 Å². The molecule has 1 aromatic heterocycles. The van der Waals surface area contributed by atoms with Crippen molar-refractivity contribution in [2.75, 3.05) is 6.54 Å². The SMILES string of the molecule is C[C@@H](CNC(=O)Cc1c[nH]c2ccccc12)c1ccccc1. The van der Waals surface area contributed by atoms with Crippen LogP contribution in [0.15, 0.2) is 60.8 Å². The lowest BCUT2D eigenvalue weighted by Crippen LogP contribution is -2.28. The highest BCUT2D eigenvalue weighted by Gasteiger charge is 2.10. The largest absolute Gasteiger partial charge is 0.361 e. The van der Waals surface area contributed by atoms with Crippen LogP contribution in [0.25, 0.3) is 10.9 Å². The molecule has 3 heteroatoms. The van der Waals surface area contributed by atoms with E-state index in [0.29, 0.717) is 18.9 Å². The molecule has 0 aliphatic rings. The highest BCUT2D eigenvalue weighted by atomic mass is 16.1. The number of amides is 1. The van der Waals surface area contributed by atoms with Gasteiger partial charge in [0.2, 0.25) is 5.91 Å². The topological polar surface area (TPSA) is 44.9 Å². The molecule has 3 nitrogen and oxygen atoms in total. The summed E-state index contributed by atoms with van der Waals surface area (Å²) in [6.45, 7) is 2.78. The number of hydrogen-bond acceptors (Lipinski definition) is 1. The number of nitrogens with one attached hydrogen (secondary N) is 2. The Kier molecular flexibility index (Phi) is 4.24. The quantitative estimate of drug-likeness (QED) is 0.741. The fraction of sp³-hybridized carbons (Fsp3) is 0.211. The first-order chi connectivity index (χ1) is 10.7. The maximum Gasteiger partial charge on any atom is 0.224 e. The van der Waals surface area contributed by atoms with Gasteiger partial charge in [-0.1, -0.05) is 55.5 Å². The predicted molar refractivity (Wildman–Crippen MR) is 89.9 cm³/mol. The zero-order chi connectivity index (χ0) is 15.4. The van der Waals surface area contributed by atoms with E-state index < -0.39 is 0 Å². The van der Waals surface area contributed by atoms with Gasteiger partial charge in [0.25, 0.3) is 0 Å². The van der Waals surface area contributed by atoms with E-state index in [2.05, 4.69) is 29.4 Å². The number of aromatic amines is 1. The summed E-state index contributed by atoms with van der Waals surface area (Å²) < 4.78 is 0. The minimum Gasteiger partial charge on any atom is -0.361 e. The van der Waals surface area contributed by atoms with Gasteiger partial charge in [0, 0.05) is 23.6 Å². The first kappa shape index (κ1) is 14.4. The fourth-order valence-electron chi connectivity index (χ4n) is 2.68. The Morgan fingerprint density at radius 2 is 1.82 bits per heavy atom. The van der Waals surface area contributed by atoms with Crippen LogP contribution in [0.2, 0.25) is 0 Å². The van der Waals surface area contributed by atoms with Crippen LogP contribution in [0.5, 0.6) is 0 Å². The van der Waals surface area contributed by atoms with Crippen molar-refractivity contribution in [1.29, 1.82) is 0 Å². The molecule has 0 aliphatic carbocycles. The third-order valence-corrected chi connectivity index (χ3v) is 4.00. The van der Waals surface area contributed by atoms with E-state index in [-0.39, 0.29) is 5.91 Å². The van der Waals surface area contributed by atoms with Crippen LogP contribution in [-0.2, 0) is 11.2 Å². The molecule has 1 amide bonds. The van der Waals surface area contributed by atoms with E-state index in [1.807, 2.05) is 48.7 Å². The Morgan fingerprint density at radius 1 is 1.09 bits per heavy atom. The van der Waals surface area contributed by atoms with E-state index in [4.69, 9.17) is 0 Å². The van der Waals surface area contributed by atoms with Crippen molar-refractivity contribution in [3.8, 4) is 0 Å². The highest BCUT2D eigenvalue weighted by Crippen LogP contribution is 2.18. The highest BCUT2D eigenvalue weighted by molar-refractivity contribution is 5.88. The Hall–Kier alpha value is -2.55. The molecule has 0 aliphatic heterocycles. The summed E-state index contributed by atoms with van der Waals surface area (Å²) in [4.78, 5) is 15.4. The Bertz CT molecular complexity index is 761. The fourth-order valence-corrected chi connectivity index (χ4v) is 2.68. The maximum atomic E-state index is 12.2. The molecule has 1 atom stereocenters. The molecule has 0 saturated heterocycles. The van der Waals surface area contributed by atoms with Crippen molar-refractivity contribution in [3.63, 3.8) is 0 Å². The number of carbonyl (C=O) groups excluding carboxylic acids is 1. The zero-order valence-corrected chi connectivity index (χ0v) is 12.7.